The molecule has 1 aliphatic rings. The first-order valence-corrected chi connectivity index (χ1v) is 7.44. The quantitative estimate of drug-likeness (QED) is 0.769. The van der Waals surface area contributed by atoms with E-state index in [4.69, 9.17) is 11.6 Å². The smallest absolute Gasteiger partial charge is 0.107 e. The van der Waals surface area contributed by atoms with Gasteiger partial charge in [0.2, 0.25) is 0 Å². The molecular weight excluding hydrogens is 240 g/mol. The molecule has 2 heterocycles. The fraction of sp³-hybridized carbons (Fsp3) is 0.750. The molecule has 0 aromatic carbocycles. The van der Waals surface area contributed by atoms with Crippen molar-refractivity contribution in [3.05, 3.63) is 16.1 Å². The highest BCUT2D eigenvalue weighted by molar-refractivity contribution is 7.09. The number of likely N-dealkylation sites (tertiary alicyclic amines) is 1. The van der Waals surface area contributed by atoms with Gasteiger partial charge in [0.15, 0.2) is 0 Å². The summed E-state index contributed by atoms with van der Waals surface area (Å²) in [6, 6.07) is 0. The summed E-state index contributed by atoms with van der Waals surface area (Å²) in [4.78, 5) is 7.05. The second kappa shape index (κ2) is 5.99. The van der Waals surface area contributed by atoms with Crippen LogP contribution in [-0.2, 0) is 12.4 Å². The van der Waals surface area contributed by atoms with Gasteiger partial charge >= 0.3 is 0 Å². The summed E-state index contributed by atoms with van der Waals surface area (Å²) in [6.45, 7) is 5.78. The van der Waals surface area contributed by atoms with Crippen LogP contribution in [0.1, 0.15) is 36.9 Å². The van der Waals surface area contributed by atoms with Gasteiger partial charge in [-0.2, -0.15) is 0 Å². The summed E-state index contributed by atoms with van der Waals surface area (Å²) in [6.07, 6.45) is 4.05. The summed E-state index contributed by atoms with van der Waals surface area (Å²) in [7, 11) is 0. The zero-order valence-corrected chi connectivity index (χ0v) is 11.4. The van der Waals surface area contributed by atoms with Crippen molar-refractivity contribution < 1.29 is 0 Å². The van der Waals surface area contributed by atoms with Crippen LogP contribution in [0.4, 0.5) is 0 Å². The third-order valence-corrected chi connectivity index (χ3v) is 4.43. The molecule has 1 aromatic rings. The van der Waals surface area contributed by atoms with Gasteiger partial charge in [-0.15, -0.1) is 22.9 Å². The van der Waals surface area contributed by atoms with Crippen molar-refractivity contribution in [2.45, 2.75) is 38.6 Å². The van der Waals surface area contributed by atoms with Crippen LogP contribution < -0.4 is 0 Å². The summed E-state index contributed by atoms with van der Waals surface area (Å²) in [5.41, 5.74) is 1.02. The van der Waals surface area contributed by atoms with Crippen molar-refractivity contribution in [1.82, 2.24) is 9.88 Å². The maximum Gasteiger partial charge on any atom is 0.107 e. The summed E-state index contributed by atoms with van der Waals surface area (Å²) >= 11 is 7.50. The molecule has 0 radical (unpaired) electrons. The van der Waals surface area contributed by atoms with Crippen LogP contribution in [0.15, 0.2) is 5.38 Å². The van der Waals surface area contributed by atoms with Crippen LogP contribution in [0.2, 0.25) is 0 Å². The highest BCUT2D eigenvalue weighted by Crippen LogP contribution is 2.22. The van der Waals surface area contributed by atoms with Crippen molar-refractivity contribution in [3.8, 4) is 0 Å². The lowest BCUT2D eigenvalue weighted by atomic mass is 9.96. The molecule has 2 rings (SSSR count). The van der Waals surface area contributed by atoms with E-state index in [1.807, 2.05) is 0 Å². The van der Waals surface area contributed by atoms with E-state index in [9.17, 15) is 0 Å². The summed E-state index contributed by atoms with van der Waals surface area (Å²) < 4.78 is 0. The maximum absolute atomic E-state index is 5.76. The minimum atomic E-state index is 0.536. The van der Waals surface area contributed by atoms with E-state index in [2.05, 4.69) is 22.2 Å². The van der Waals surface area contributed by atoms with Crippen LogP contribution in [0.5, 0.6) is 0 Å². The van der Waals surface area contributed by atoms with E-state index >= 15 is 0 Å². The molecule has 1 aromatic heterocycles. The van der Waals surface area contributed by atoms with Crippen molar-refractivity contribution in [2.24, 2.45) is 5.92 Å². The van der Waals surface area contributed by atoms with Crippen LogP contribution >= 0.6 is 22.9 Å². The molecular formula is C12H19ClN2S. The maximum atomic E-state index is 5.76. The van der Waals surface area contributed by atoms with Crippen molar-refractivity contribution in [1.29, 1.82) is 0 Å². The number of hydrogen-bond acceptors (Lipinski definition) is 3. The second-order valence-corrected chi connectivity index (χ2v) is 5.73. The van der Waals surface area contributed by atoms with E-state index in [0.717, 1.165) is 18.2 Å². The average Bonchev–Trinajstić information content (AvgIpc) is 2.77. The van der Waals surface area contributed by atoms with Gasteiger partial charge in [-0.05, 0) is 25.3 Å². The predicted octanol–water partition coefficient (Wildman–Crippen LogP) is 3.50. The fourth-order valence-electron chi connectivity index (χ4n) is 2.30. The van der Waals surface area contributed by atoms with E-state index in [-0.39, 0.29) is 0 Å². The van der Waals surface area contributed by atoms with Gasteiger partial charge in [-0.3, -0.25) is 4.90 Å². The molecule has 4 heteroatoms. The topological polar surface area (TPSA) is 16.1 Å². The average molecular weight is 259 g/mol. The Morgan fingerprint density at radius 1 is 1.62 bits per heavy atom. The zero-order chi connectivity index (χ0) is 11.4. The Hall–Kier alpha value is -0.120. The van der Waals surface area contributed by atoms with Gasteiger partial charge in [0.05, 0.1) is 18.1 Å². The van der Waals surface area contributed by atoms with Gasteiger partial charge in [0.1, 0.15) is 5.01 Å². The Balaban J connectivity index is 1.88. The molecule has 0 amide bonds. The lowest BCUT2D eigenvalue weighted by Gasteiger charge is -2.31. The number of alkyl halides is 1. The molecule has 0 N–H and O–H groups in total. The Bertz CT molecular complexity index is 327. The molecule has 1 saturated heterocycles. The van der Waals surface area contributed by atoms with Crippen molar-refractivity contribution in [2.75, 3.05) is 13.1 Å². The van der Waals surface area contributed by atoms with Crippen molar-refractivity contribution in [3.63, 3.8) is 0 Å². The second-order valence-electron chi connectivity index (χ2n) is 4.52. The van der Waals surface area contributed by atoms with Crippen LogP contribution in [0, 0.1) is 5.92 Å². The molecule has 0 saturated carbocycles. The first-order valence-electron chi connectivity index (χ1n) is 6.03. The number of halogens is 1. The van der Waals surface area contributed by atoms with Crippen LogP contribution in [-0.4, -0.2) is 23.0 Å². The Labute approximate surface area is 107 Å². The van der Waals surface area contributed by atoms with Crippen LogP contribution in [0.3, 0.4) is 0 Å². The van der Waals surface area contributed by atoms with E-state index < -0.39 is 0 Å². The molecule has 0 aliphatic carbocycles. The molecule has 0 bridgehead atoms. The largest absolute Gasteiger partial charge is 0.296 e. The summed E-state index contributed by atoms with van der Waals surface area (Å²) in [5, 5.41) is 3.29. The monoisotopic (exact) mass is 258 g/mol. The van der Waals surface area contributed by atoms with Gasteiger partial charge in [0.25, 0.3) is 0 Å². The number of thiazole rings is 1. The molecule has 90 valence electrons. The third-order valence-electron chi connectivity index (χ3n) is 3.28. The van der Waals surface area contributed by atoms with E-state index in [1.165, 1.54) is 37.4 Å². The number of rotatable bonds is 4. The standard InChI is InChI=1S/C12H19ClN2S/c1-2-10-4-3-5-15(7-10)8-12-14-11(6-13)9-16-12/h9-10H,2-8H2,1H3. The highest BCUT2D eigenvalue weighted by atomic mass is 35.5. The van der Waals surface area contributed by atoms with Gasteiger partial charge in [-0.25, -0.2) is 4.98 Å². The molecule has 1 fully saturated rings. The number of nitrogens with zero attached hydrogens (tertiary/aromatic N) is 2. The lowest BCUT2D eigenvalue weighted by molar-refractivity contribution is 0.164. The summed E-state index contributed by atoms with van der Waals surface area (Å²) in [5.74, 6) is 1.43. The SMILES string of the molecule is CCC1CCCN(Cc2nc(CCl)cs2)C1. The van der Waals surface area contributed by atoms with E-state index in [1.54, 1.807) is 11.3 Å². The van der Waals surface area contributed by atoms with Gasteiger partial charge in [0, 0.05) is 11.9 Å². The Morgan fingerprint density at radius 3 is 3.19 bits per heavy atom. The number of piperidine rings is 1. The van der Waals surface area contributed by atoms with E-state index in [0.29, 0.717) is 5.88 Å². The molecule has 1 unspecified atom stereocenters. The fourth-order valence-corrected chi connectivity index (χ4v) is 3.37. The molecule has 1 aliphatic heterocycles. The molecule has 2 nitrogen and oxygen atoms in total. The third kappa shape index (κ3) is 3.19. The molecule has 0 spiro atoms. The van der Waals surface area contributed by atoms with Crippen LogP contribution in [0.25, 0.3) is 0 Å². The minimum Gasteiger partial charge on any atom is -0.296 e. The minimum absolute atomic E-state index is 0.536. The highest BCUT2D eigenvalue weighted by Gasteiger charge is 2.19. The lowest BCUT2D eigenvalue weighted by Crippen LogP contribution is -2.34. The van der Waals surface area contributed by atoms with Gasteiger partial charge < -0.3 is 0 Å². The van der Waals surface area contributed by atoms with Crippen molar-refractivity contribution >= 4 is 22.9 Å². The Morgan fingerprint density at radius 2 is 2.50 bits per heavy atom. The Kier molecular flexibility index (Phi) is 4.62. The molecule has 1 atom stereocenters. The normalized spacial score (nSPS) is 22.5. The number of aromatic nitrogens is 1. The molecule has 16 heavy (non-hydrogen) atoms. The zero-order valence-electron chi connectivity index (χ0n) is 9.79. The van der Waals surface area contributed by atoms with Gasteiger partial charge in [-0.1, -0.05) is 13.3 Å². The first kappa shape index (κ1) is 12.3. The first-order chi connectivity index (χ1) is 7.81. The number of hydrogen-bond donors (Lipinski definition) is 0. The predicted molar refractivity (Wildman–Crippen MR) is 70.0 cm³/mol.